The molecular formula is C129H143F17O. The average Bonchev–Trinajstić information content (AvgIpc) is 0.808. The van der Waals surface area contributed by atoms with E-state index < -0.39 is 75.6 Å². The van der Waals surface area contributed by atoms with Crippen LogP contribution in [0.25, 0.3) is 0 Å². The summed E-state index contributed by atoms with van der Waals surface area (Å²) in [5, 5.41) is 0. The van der Waals surface area contributed by atoms with Gasteiger partial charge in [0.2, 0.25) is 0 Å². The minimum atomic E-state index is -0.715. The van der Waals surface area contributed by atoms with Crippen LogP contribution in [0, 0.1) is 314 Å². The Labute approximate surface area is 864 Å². The predicted molar refractivity (Wildman–Crippen MR) is 580 cm³/mol. The van der Waals surface area contributed by atoms with Crippen molar-refractivity contribution in [1.29, 1.82) is 0 Å². The van der Waals surface area contributed by atoms with Crippen molar-refractivity contribution in [3.63, 3.8) is 0 Å². The summed E-state index contributed by atoms with van der Waals surface area (Å²) in [5.41, 5.74) is 25.7. The Hall–Kier alpha value is -14.1. The third-order valence-corrected chi connectivity index (χ3v) is 21.2. The zero-order valence-electron chi connectivity index (χ0n) is 90.8. The smallest absolute Gasteiger partial charge is 0.197 e. The maximum atomic E-state index is 12.9. The van der Waals surface area contributed by atoms with Crippen molar-refractivity contribution in [2.24, 2.45) is 0 Å². The van der Waals surface area contributed by atoms with Gasteiger partial charge in [0.05, 0.1) is 6.26 Å². The van der Waals surface area contributed by atoms with Gasteiger partial charge in [0.15, 0.2) is 17.4 Å². The van der Waals surface area contributed by atoms with E-state index in [1.54, 1.807) is 106 Å². The van der Waals surface area contributed by atoms with Crippen molar-refractivity contribution in [3.8, 4) is 5.75 Å². The molecule has 784 valence electrons. The van der Waals surface area contributed by atoms with Crippen molar-refractivity contribution in [1.82, 2.24) is 0 Å². The summed E-state index contributed by atoms with van der Waals surface area (Å²) in [4.78, 5) is 0. The van der Waals surface area contributed by atoms with Gasteiger partial charge in [-0.1, -0.05) is 244 Å². The fraction of sp³-hybridized carbons (Fsp3) is 0.240. The molecule has 0 aliphatic heterocycles. The van der Waals surface area contributed by atoms with Crippen molar-refractivity contribution >= 4 is 0 Å². The fourth-order valence-electron chi connectivity index (χ4n) is 11.4. The summed E-state index contributed by atoms with van der Waals surface area (Å²) in [6, 6.07) is 84.1. The van der Waals surface area contributed by atoms with Crippen LogP contribution in [-0.2, 0) is 0 Å². The molecule has 16 rings (SSSR count). The van der Waals surface area contributed by atoms with Crippen molar-refractivity contribution in [2.45, 2.75) is 215 Å². The molecular weight excluding hydrogens is 1890 g/mol. The Morgan fingerprint density at radius 2 is 0.224 bits per heavy atom. The van der Waals surface area contributed by atoms with Gasteiger partial charge >= 0.3 is 0 Å². The summed E-state index contributed by atoms with van der Waals surface area (Å²) in [5.74, 6) is -7.16. The zero-order valence-corrected chi connectivity index (χ0v) is 90.8. The minimum Gasteiger partial charge on any atom is -0.459 e. The van der Waals surface area contributed by atoms with Gasteiger partial charge in [-0.15, -0.1) is 0 Å². The lowest BCUT2D eigenvalue weighted by Gasteiger charge is -2.03. The summed E-state index contributed by atoms with van der Waals surface area (Å²) >= 11 is 0. The number of ether oxygens (including phenoxy) is 1. The molecule has 0 N–H and O–H groups in total. The molecule has 0 spiro atoms. The highest BCUT2D eigenvalue weighted by atomic mass is 19.2. The first kappa shape index (κ1) is 131. The van der Waals surface area contributed by atoms with E-state index in [0.717, 1.165) is 34.1 Å². The first-order valence-electron chi connectivity index (χ1n) is 47.3. The lowest BCUT2D eigenvalue weighted by atomic mass is 10.1. The van der Waals surface area contributed by atoms with E-state index in [9.17, 15) is 74.6 Å². The van der Waals surface area contributed by atoms with Crippen LogP contribution >= 0.6 is 0 Å². The minimum absolute atomic E-state index is 0.0885. The Kier molecular flexibility index (Phi) is 60.8. The standard InChI is InChI=1S/C9H8F2O.5C8H8F2.5C8H9F.5C8H10/c1-3-12-9-7(10)4-6(2)5-8(9)11;5*1-5-3-7(9)6(2)8(10)4-5;5*1-6-3-4-7(2)8(9)5-6;5*1-7-3-5-8(2)6-4-7/h3-5H,1H2,2H3;5*3-4H,1-2H3;5*3-5H,1-2H3;5*3-6H,1-2H3. The molecule has 147 heavy (non-hydrogen) atoms. The summed E-state index contributed by atoms with van der Waals surface area (Å²) in [6.45, 7) is 59.3. The molecule has 0 saturated carbocycles. The second-order valence-electron chi connectivity index (χ2n) is 36.1. The van der Waals surface area contributed by atoms with Gasteiger partial charge in [-0.25, -0.2) is 74.6 Å². The molecule has 0 amide bonds. The Morgan fingerprint density at radius 1 is 0.129 bits per heavy atom. The van der Waals surface area contributed by atoms with Gasteiger partial charge < -0.3 is 4.74 Å². The van der Waals surface area contributed by atoms with Gasteiger partial charge in [-0.05, 0) is 407 Å². The van der Waals surface area contributed by atoms with E-state index in [4.69, 9.17) is 0 Å². The lowest BCUT2D eigenvalue weighted by Crippen LogP contribution is -1.92. The molecule has 0 aliphatic rings. The highest BCUT2D eigenvalue weighted by Crippen LogP contribution is 2.25. The maximum absolute atomic E-state index is 12.9. The molecule has 16 aromatic carbocycles. The normalized spacial score (nSPS) is 9.66. The number of halogens is 17. The fourth-order valence-corrected chi connectivity index (χ4v) is 11.4. The van der Waals surface area contributed by atoms with Gasteiger partial charge in [-0.2, -0.15) is 0 Å². The Bertz CT molecular complexity index is 5580. The van der Waals surface area contributed by atoms with Crippen LogP contribution in [0.3, 0.4) is 0 Å². The van der Waals surface area contributed by atoms with Crippen molar-refractivity contribution in [3.05, 3.63) is 569 Å². The molecule has 0 atom stereocenters. The highest BCUT2D eigenvalue weighted by Gasteiger charge is 2.12. The van der Waals surface area contributed by atoms with Crippen LogP contribution in [0.2, 0.25) is 0 Å². The number of benzene rings is 16. The van der Waals surface area contributed by atoms with Crippen LogP contribution in [-0.4, -0.2) is 0 Å². The van der Waals surface area contributed by atoms with E-state index in [1.165, 1.54) is 193 Å². The molecule has 0 aliphatic carbocycles. The molecule has 0 bridgehead atoms. The summed E-state index contributed by atoms with van der Waals surface area (Å²) < 4.78 is 219. The molecule has 0 radical (unpaired) electrons. The third kappa shape index (κ3) is 55.7. The Balaban J connectivity index is 0.000000785. The molecule has 0 saturated heterocycles. The van der Waals surface area contributed by atoms with Gasteiger partial charge in [0, 0.05) is 27.8 Å². The second-order valence-corrected chi connectivity index (χ2v) is 36.1. The van der Waals surface area contributed by atoms with Gasteiger partial charge in [-0.3, -0.25) is 0 Å². The predicted octanol–water partition coefficient (Wildman–Crippen LogP) is 39.4. The van der Waals surface area contributed by atoms with E-state index in [0.29, 0.717) is 61.2 Å². The molecule has 0 unspecified atom stereocenters. The first-order chi connectivity index (χ1) is 68.6. The summed E-state index contributed by atoms with van der Waals surface area (Å²) in [7, 11) is 0. The zero-order chi connectivity index (χ0) is 112. The number of rotatable bonds is 2. The number of hydrogen-bond donors (Lipinski definition) is 0. The molecule has 0 heterocycles. The van der Waals surface area contributed by atoms with Crippen LogP contribution in [0.5, 0.6) is 5.75 Å². The first-order valence-corrected chi connectivity index (χ1v) is 47.3. The lowest BCUT2D eigenvalue weighted by molar-refractivity contribution is 0.406. The van der Waals surface area contributed by atoms with Crippen LogP contribution < -0.4 is 4.74 Å². The van der Waals surface area contributed by atoms with Crippen molar-refractivity contribution < 1.29 is 79.4 Å². The largest absolute Gasteiger partial charge is 0.459 e. The van der Waals surface area contributed by atoms with Crippen LogP contribution in [0.1, 0.15) is 172 Å². The van der Waals surface area contributed by atoms with Gasteiger partial charge in [0.1, 0.15) is 87.3 Å². The molecule has 0 fully saturated rings. The Morgan fingerprint density at radius 3 is 0.320 bits per heavy atom. The van der Waals surface area contributed by atoms with Crippen LogP contribution in [0.4, 0.5) is 74.6 Å². The third-order valence-electron chi connectivity index (χ3n) is 21.2. The molecule has 0 aromatic heterocycles. The van der Waals surface area contributed by atoms with Crippen LogP contribution in [0.15, 0.2) is 298 Å². The highest BCUT2D eigenvalue weighted by molar-refractivity contribution is 5.35. The molecule has 16 aromatic rings. The van der Waals surface area contributed by atoms with E-state index in [1.807, 2.05) is 65.0 Å². The van der Waals surface area contributed by atoms with Gasteiger partial charge in [0.25, 0.3) is 0 Å². The summed E-state index contributed by atoms with van der Waals surface area (Å²) in [6.07, 6.45) is 0.983. The van der Waals surface area contributed by atoms with E-state index in [-0.39, 0.29) is 56.9 Å². The maximum Gasteiger partial charge on any atom is 0.197 e. The SMILES string of the molecule is C=COc1c(F)cc(C)cc1F.Cc1cc(F)c(C)c(F)c1.Cc1cc(F)c(C)c(F)c1.Cc1cc(F)c(C)c(F)c1.Cc1cc(F)c(C)c(F)c1.Cc1cc(F)c(C)c(F)c1.Cc1ccc(C)c(F)c1.Cc1ccc(C)c(F)c1.Cc1ccc(C)c(F)c1.Cc1ccc(C)c(F)c1.Cc1ccc(C)c(F)c1.Cc1ccc(C)cc1.Cc1ccc(C)cc1.Cc1ccc(C)cc1.Cc1ccc(C)cc1.Cc1ccc(C)cc1. The monoisotopic (exact) mass is 2030 g/mol. The number of hydrogen-bond acceptors (Lipinski definition) is 1. The second kappa shape index (κ2) is 68.3. The van der Waals surface area contributed by atoms with Crippen molar-refractivity contribution in [2.75, 3.05) is 0 Å². The number of aryl methyl sites for hydroxylation is 26. The van der Waals surface area contributed by atoms with E-state index in [2.05, 4.69) is 202 Å². The molecule has 18 heteroatoms. The quantitative estimate of drug-likeness (QED) is 0.124. The topological polar surface area (TPSA) is 9.23 Å². The average molecular weight is 2030 g/mol. The van der Waals surface area contributed by atoms with E-state index >= 15 is 0 Å². The molecule has 1 nitrogen and oxygen atoms in total.